The zero-order valence-electron chi connectivity index (χ0n) is 9.27. The van der Waals surface area contributed by atoms with E-state index in [2.05, 4.69) is 6.19 Å². The first-order valence-corrected chi connectivity index (χ1v) is 4.96. The van der Waals surface area contributed by atoms with Gasteiger partial charge in [-0.1, -0.05) is 12.1 Å². The van der Waals surface area contributed by atoms with Crippen molar-refractivity contribution in [2.75, 3.05) is 19.1 Å². The molecule has 0 aliphatic rings. The second kappa shape index (κ2) is 4.11. The van der Waals surface area contributed by atoms with E-state index in [-0.39, 0.29) is 0 Å². The van der Waals surface area contributed by atoms with E-state index < -0.39 is 0 Å². The Kier molecular flexibility index (Phi) is 2.65. The number of rotatable bonds is 2. The van der Waals surface area contributed by atoms with Gasteiger partial charge in [-0.25, -0.2) is 0 Å². The van der Waals surface area contributed by atoms with Crippen LogP contribution in [0.25, 0.3) is 10.8 Å². The summed E-state index contributed by atoms with van der Waals surface area (Å²) in [7, 11) is 3.39. The van der Waals surface area contributed by atoms with Crippen LogP contribution >= 0.6 is 0 Å². The van der Waals surface area contributed by atoms with Crippen molar-refractivity contribution in [3.8, 4) is 11.9 Å². The number of hydrogen-bond donors (Lipinski definition) is 0. The third kappa shape index (κ3) is 1.78. The molecule has 0 amide bonds. The molecule has 0 saturated heterocycles. The molecule has 16 heavy (non-hydrogen) atoms. The van der Waals surface area contributed by atoms with Crippen LogP contribution in [0.5, 0.6) is 5.75 Å². The number of hydrogen-bond acceptors (Lipinski definition) is 3. The second-order valence-corrected chi connectivity index (χ2v) is 3.56. The highest BCUT2D eigenvalue weighted by molar-refractivity contribution is 5.87. The minimum absolute atomic E-state index is 0.842. The van der Waals surface area contributed by atoms with Gasteiger partial charge in [-0.05, 0) is 35.0 Å². The molecule has 0 spiro atoms. The quantitative estimate of drug-likeness (QED) is 0.567. The molecule has 3 nitrogen and oxygen atoms in total. The van der Waals surface area contributed by atoms with Gasteiger partial charge >= 0.3 is 0 Å². The highest BCUT2D eigenvalue weighted by Crippen LogP contribution is 2.24. The molecule has 0 aromatic heterocycles. The monoisotopic (exact) mass is 212 g/mol. The third-order valence-corrected chi connectivity index (χ3v) is 2.57. The highest BCUT2D eigenvalue weighted by Gasteiger charge is 2.01. The summed E-state index contributed by atoms with van der Waals surface area (Å²) in [6.45, 7) is 0. The summed E-state index contributed by atoms with van der Waals surface area (Å²) in [5.41, 5.74) is 0.889. The Morgan fingerprint density at radius 3 is 2.50 bits per heavy atom. The molecule has 0 N–H and O–H groups in total. The van der Waals surface area contributed by atoms with Crippen LogP contribution in [0.4, 0.5) is 5.69 Å². The zero-order chi connectivity index (χ0) is 11.5. The molecule has 0 unspecified atom stereocenters. The maximum absolute atomic E-state index is 8.80. The van der Waals surface area contributed by atoms with Crippen molar-refractivity contribution >= 4 is 16.5 Å². The molecule has 2 aromatic carbocycles. The average molecular weight is 212 g/mol. The number of nitriles is 1. The van der Waals surface area contributed by atoms with E-state index in [0.29, 0.717) is 0 Å². The minimum atomic E-state index is 0.842. The first kappa shape index (κ1) is 10.3. The topological polar surface area (TPSA) is 36.3 Å². The molecule has 0 saturated carbocycles. The normalized spacial score (nSPS) is 9.81. The molecule has 0 bridgehead atoms. The maximum Gasteiger partial charge on any atom is 0.183 e. The summed E-state index contributed by atoms with van der Waals surface area (Å²) in [5.74, 6) is 0.842. The van der Waals surface area contributed by atoms with Crippen LogP contribution in [-0.2, 0) is 0 Å². The van der Waals surface area contributed by atoms with Gasteiger partial charge in [0, 0.05) is 7.05 Å². The van der Waals surface area contributed by atoms with Crippen molar-refractivity contribution in [3.63, 3.8) is 0 Å². The average Bonchev–Trinajstić information content (AvgIpc) is 2.36. The predicted molar refractivity (Wildman–Crippen MR) is 64.5 cm³/mol. The van der Waals surface area contributed by atoms with Gasteiger partial charge in [0.1, 0.15) is 5.75 Å². The van der Waals surface area contributed by atoms with Crippen LogP contribution in [0.2, 0.25) is 0 Å². The summed E-state index contributed by atoms with van der Waals surface area (Å²) in [4.78, 5) is 1.53. The molecule has 0 radical (unpaired) electrons. The third-order valence-electron chi connectivity index (χ3n) is 2.57. The first-order chi connectivity index (χ1) is 7.74. The van der Waals surface area contributed by atoms with Crippen molar-refractivity contribution in [2.45, 2.75) is 0 Å². The van der Waals surface area contributed by atoms with Crippen molar-refractivity contribution in [1.29, 1.82) is 5.26 Å². The molecule has 2 rings (SSSR count). The lowest BCUT2D eigenvalue weighted by molar-refractivity contribution is 0.415. The van der Waals surface area contributed by atoms with Crippen LogP contribution in [0.3, 0.4) is 0 Å². The van der Waals surface area contributed by atoms with Gasteiger partial charge in [0.05, 0.1) is 12.8 Å². The smallest absolute Gasteiger partial charge is 0.183 e. The molecule has 0 aliphatic heterocycles. The number of methoxy groups -OCH3 is 1. The fourth-order valence-electron chi connectivity index (χ4n) is 1.60. The van der Waals surface area contributed by atoms with Gasteiger partial charge < -0.3 is 4.74 Å². The van der Waals surface area contributed by atoms with Crippen LogP contribution in [0, 0.1) is 11.5 Å². The molecule has 2 aromatic rings. The largest absolute Gasteiger partial charge is 0.497 e. The van der Waals surface area contributed by atoms with E-state index in [1.165, 1.54) is 4.90 Å². The second-order valence-electron chi connectivity index (χ2n) is 3.56. The van der Waals surface area contributed by atoms with Crippen LogP contribution in [0.1, 0.15) is 0 Å². The molecular formula is C13H12N2O. The standard InChI is InChI=1S/C13H12N2O/c1-15(9-14)12-5-3-11-8-13(16-2)6-4-10(11)7-12/h3-8H,1-2H3. The molecular weight excluding hydrogens is 200 g/mol. The van der Waals surface area contributed by atoms with Crippen molar-refractivity contribution in [2.24, 2.45) is 0 Å². The van der Waals surface area contributed by atoms with Crippen molar-refractivity contribution in [1.82, 2.24) is 0 Å². The van der Waals surface area contributed by atoms with E-state index in [0.717, 1.165) is 22.2 Å². The number of ether oxygens (including phenoxy) is 1. The van der Waals surface area contributed by atoms with E-state index in [4.69, 9.17) is 10.00 Å². The molecule has 0 heterocycles. The first-order valence-electron chi connectivity index (χ1n) is 4.96. The lowest BCUT2D eigenvalue weighted by Gasteiger charge is -2.10. The summed E-state index contributed by atoms with van der Waals surface area (Å²) < 4.78 is 5.16. The van der Waals surface area contributed by atoms with Gasteiger partial charge in [-0.15, -0.1) is 0 Å². The van der Waals surface area contributed by atoms with Crippen molar-refractivity contribution < 1.29 is 4.74 Å². The number of anilines is 1. The lowest BCUT2D eigenvalue weighted by atomic mass is 10.1. The van der Waals surface area contributed by atoms with Gasteiger partial charge in [0.2, 0.25) is 0 Å². The van der Waals surface area contributed by atoms with E-state index in [9.17, 15) is 0 Å². The fourth-order valence-corrected chi connectivity index (χ4v) is 1.60. The summed E-state index contributed by atoms with van der Waals surface area (Å²) in [5, 5.41) is 11.0. The zero-order valence-corrected chi connectivity index (χ0v) is 9.27. The molecule has 0 aliphatic carbocycles. The van der Waals surface area contributed by atoms with Crippen LogP contribution in [-0.4, -0.2) is 14.2 Å². The molecule has 0 fully saturated rings. The van der Waals surface area contributed by atoms with Gasteiger partial charge in [0.15, 0.2) is 6.19 Å². The summed E-state index contributed by atoms with van der Waals surface area (Å²) in [6, 6.07) is 11.8. The van der Waals surface area contributed by atoms with E-state index in [1.807, 2.05) is 36.4 Å². The van der Waals surface area contributed by atoms with E-state index in [1.54, 1.807) is 14.2 Å². The number of benzene rings is 2. The van der Waals surface area contributed by atoms with Gasteiger partial charge in [-0.2, -0.15) is 5.26 Å². The Balaban J connectivity index is 2.52. The maximum atomic E-state index is 8.80. The fraction of sp³-hybridized carbons (Fsp3) is 0.154. The predicted octanol–water partition coefficient (Wildman–Crippen LogP) is 2.77. The Morgan fingerprint density at radius 1 is 1.12 bits per heavy atom. The number of fused-ring (bicyclic) bond motifs is 1. The Morgan fingerprint density at radius 2 is 1.81 bits per heavy atom. The van der Waals surface area contributed by atoms with Crippen LogP contribution in [0.15, 0.2) is 36.4 Å². The SMILES string of the molecule is COc1ccc2cc(N(C)C#N)ccc2c1. The highest BCUT2D eigenvalue weighted by atomic mass is 16.5. The summed E-state index contributed by atoms with van der Waals surface area (Å²) in [6.07, 6.45) is 2.08. The molecule has 0 atom stereocenters. The minimum Gasteiger partial charge on any atom is -0.497 e. The Hall–Kier alpha value is -2.21. The van der Waals surface area contributed by atoms with Crippen molar-refractivity contribution in [3.05, 3.63) is 36.4 Å². The molecule has 3 heteroatoms. The number of nitrogens with zero attached hydrogens (tertiary/aromatic N) is 2. The van der Waals surface area contributed by atoms with Gasteiger partial charge in [0.25, 0.3) is 0 Å². The molecule has 80 valence electrons. The Bertz CT molecular complexity index is 557. The van der Waals surface area contributed by atoms with E-state index >= 15 is 0 Å². The van der Waals surface area contributed by atoms with Crippen LogP contribution < -0.4 is 9.64 Å². The Labute approximate surface area is 94.5 Å². The van der Waals surface area contributed by atoms with Gasteiger partial charge in [-0.3, -0.25) is 4.90 Å². The summed E-state index contributed by atoms with van der Waals surface area (Å²) >= 11 is 0. The lowest BCUT2D eigenvalue weighted by Crippen LogP contribution is -2.07.